The Hall–Kier alpha value is -1.22. The van der Waals surface area contributed by atoms with Crippen molar-refractivity contribution >= 4 is 27.4 Å². The number of sulfonamides is 1. The molecule has 0 saturated carbocycles. The fourth-order valence-corrected chi connectivity index (χ4v) is 3.79. The highest BCUT2D eigenvalue weighted by Gasteiger charge is 2.21. The summed E-state index contributed by atoms with van der Waals surface area (Å²) >= 11 is 5.22. The lowest BCUT2D eigenvalue weighted by Crippen LogP contribution is -3.06. The Morgan fingerprint density at radius 3 is 2.21 bits per heavy atom. The number of nitrogens with one attached hydrogen (secondary N) is 3. The van der Waals surface area contributed by atoms with Crippen LogP contribution in [0, 0.1) is 0 Å². The highest BCUT2D eigenvalue weighted by molar-refractivity contribution is 7.89. The highest BCUT2D eigenvalue weighted by Crippen LogP contribution is 2.16. The van der Waals surface area contributed by atoms with Gasteiger partial charge >= 0.3 is 0 Å². The Kier molecular flexibility index (Phi) is 8.61. The van der Waals surface area contributed by atoms with Crippen LogP contribution in [0.1, 0.15) is 19.4 Å². The molecule has 24 heavy (non-hydrogen) atoms. The zero-order valence-corrected chi connectivity index (χ0v) is 16.6. The van der Waals surface area contributed by atoms with Crippen LogP contribution in [0.2, 0.25) is 0 Å². The molecule has 1 aromatic carbocycles. The minimum atomic E-state index is -3.40. The van der Waals surface area contributed by atoms with Gasteiger partial charge in [-0.15, -0.1) is 0 Å². The Balaban J connectivity index is 2.58. The molecule has 0 spiro atoms. The summed E-state index contributed by atoms with van der Waals surface area (Å²) in [4.78, 5) is 1.68. The van der Waals surface area contributed by atoms with Gasteiger partial charge in [-0.3, -0.25) is 0 Å². The van der Waals surface area contributed by atoms with E-state index in [0.717, 1.165) is 18.7 Å². The van der Waals surface area contributed by atoms with E-state index in [-0.39, 0.29) is 0 Å². The van der Waals surface area contributed by atoms with E-state index in [2.05, 4.69) is 24.7 Å². The van der Waals surface area contributed by atoms with Gasteiger partial charge in [0.1, 0.15) is 0 Å². The summed E-state index contributed by atoms with van der Waals surface area (Å²) in [5, 5.41) is 6.88. The molecule has 1 aromatic rings. The van der Waals surface area contributed by atoms with Crippen LogP contribution < -0.4 is 15.5 Å². The van der Waals surface area contributed by atoms with Gasteiger partial charge in [0.25, 0.3) is 0 Å². The predicted molar refractivity (Wildman–Crippen MR) is 102 cm³/mol. The standard InChI is InChI=1S/C16H28N4O2S2/c1-5-20(6-2)24(21,22)15-9-7-14(8-10-15)13-18-16(23)17-11-12-19(3)4/h7-10H,5-6,11-13H2,1-4H3,(H2,17,18,23)/p+1. The second kappa shape index (κ2) is 9.93. The monoisotopic (exact) mass is 373 g/mol. The molecule has 0 amide bonds. The minimum Gasteiger partial charge on any atom is -0.359 e. The van der Waals surface area contributed by atoms with E-state index in [0.29, 0.717) is 29.6 Å². The molecule has 6 nitrogen and oxygen atoms in total. The van der Waals surface area contributed by atoms with Crippen LogP contribution in [-0.2, 0) is 16.6 Å². The molecule has 0 saturated heterocycles. The number of quaternary nitrogens is 1. The normalized spacial score (nSPS) is 11.8. The van der Waals surface area contributed by atoms with E-state index in [1.807, 2.05) is 26.0 Å². The van der Waals surface area contributed by atoms with Gasteiger partial charge in [-0.1, -0.05) is 26.0 Å². The zero-order chi connectivity index (χ0) is 18.2. The van der Waals surface area contributed by atoms with Crippen molar-refractivity contribution in [3.8, 4) is 0 Å². The first-order chi connectivity index (χ1) is 11.3. The van der Waals surface area contributed by atoms with Crippen LogP contribution in [0.25, 0.3) is 0 Å². The first-order valence-corrected chi connectivity index (χ1v) is 10.1. The molecule has 8 heteroatoms. The topological polar surface area (TPSA) is 65.9 Å². The summed E-state index contributed by atoms with van der Waals surface area (Å²) < 4.78 is 26.3. The molecule has 0 aliphatic heterocycles. The van der Waals surface area contributed by atoms with E-state index < -0.39 is 10.0 Å². The third-order valence-corrected chi connectivity index (χ3v) is 5.98. The van der Waals surface area contributed by atoms with Gasteiger partial charge in [-0.05, 0) is 29.9 Å². The maximum absolute atomic E-state index is 12.4. The highest BCUT2D eigenvalue weighted by atomic mass is 32.2. The number of likely N-dealkylation sites (N-methyl/N-ethyl adjacent to an activating group) is 1. The van der Waals surface area contributed by atoms with Gasteiger partial charge in [0.05, 0.1) is 32.1 Å². The maximum atomic E-state index is 12.4. The van der Waals surface area contributed by atoms with E-state index >= 15 is 0 Å². The van der Waals surface area contributed by atoms with Crippen LogP contribution in [0.15, 0.2) is 29.2 Å². The van der Waals surface area contributed by atoms with E-state index in [4.69, 9.17) is 12.2 Å². The van der Waals surface area contributed by atoms with Crippen LogP contribution in [0.4, 0.5) is 0 Å². The van der Waals surface area contributed by atoms with Crippen molar-refractivity contribution in [2.24, 2.45) is 0 Å². The molecule has 0 unspecified atom stereocenters. The molecule has 0 atom stereocenters. The lowest BCUT2D eigenvalue weighted by Gasteiger charge is -2.18. The summed E-state index contributed by atoms with van der Waals surface area (Å²) in [6.45, 7) is 6.98. The SMILES string of the molecule is CCN(CC)S(=O)(=O)c1ccc(CNC(=S)NCC[NH+](C)C)cc1. The first-order valence-electron chi connectivity index (χ1n) is 8.21. The number of benzene rings is 1. The quantitative estimate of drug-likeness (QED) is 0.525. The summed E-state index contributed by atoms with van der Waals surface area (Å²) in [7, 11) is 0.782. The van der Waals surface area contributed by atoms with Crippen molar-refractivity contribution < 1.29 is 13.3 Å². The Labute approximate surface area is 151 Å². The number of hydrogen-bond donors (Lipinski definition) is 3. The number of thiocarbonyl (C=S) groups is 1. The molecule has 136 valence electrons. The van der Waals surface area contributed by atoms with Gasteiger partial charge in [-0.2, -0.15) is 4.31 Å². The first kappa shape index (κ1) is 20.8. The zero-order valence-electron chi connectivity index (χ0n) is 14.9. The third kappa shape index (κ3) is 6.35. The number of hydrogen-bond acceptors (Lipinski definition) is 3. The summed E-state index contributed by atoms with van der Waals surface area (Å²) in [5.74, 6) is 0. The molecule has 0 heterocycles. The van der Waals surface area contributed by atoms with Crippen molar-refractivity contribution in [2.75, 3.05) is 40.3 Å². The molecule has 0 aliphatic rings. The van der Waals surface area contributed by atoms with Crippen LogP contribution in [0.3, 0.4) is 0 Å². The Bertz CT molecular complexity index is 611. The van der Waals surface area contributed by atoms with E-state index in [9.17, 15) is 8.42 Å². The van der Waals surface area contributed by atoms with Crippen molar-refractivity contribution in [3.05, 3.63) is 29.8 Å². The smallest absolute Gasteiger partial charge is 0.243 e. The fourth-order valence-electron chi connectivity index (χ4n) is 2.16. The summed E-state index contributed by atoms with van der Waals surface area (Å²) in [6, 6.07) is 6.93. The van der Waals surface area contributed by atoms with Gasteiger partial charge in [-0.25, -0.2) is 8.42 Å². The van der Waals surface area contributed by atoms with Crippen LogP contribution in [-0.4, -0.2) is 58.1 Å². The molecule has 0 aliphatic carbocycles. The molecular formula is C16H29N4O2S2+. The average molecular weight is 374 g/mol. The lowest BCUT2D eigenvalue weighted by atomic mass is 10.2. The Morgan fingerprint density at radius 1 is 1.12 bits per heavy atom. The van der Waals surface area contributed by atoms with E-state index in [1.165, 1.54) is 9.21 Å². The summed E-state index contributed by atoms with van der Waals surface area (Å²) in [6.07, 6.45) is 0. The van der Waals surface area contributed by atoms with Gasteiger partial charge < -0.3 is 15.5 Å². The second-order valence-electron chi connectivity index (χ2n) is 5.80. The van der Waals surface area contributed by atoms with Crippen LogP contribution in [0.5, 0.6) is 0 Å². The van der Waals surface area contributed by atoms with Crippen LogP contribution >= 0.6 is 12.2 Å². The maximum Gasteiger partial charge on any atom is 0.243 e. The van der Waals surface area contributed by atoms with Gasteiger partial charge in [0.15, 0.2) is 5.11 Å². The summed E-state index contributed by atoms with van der Waals surface area (Å²) in [5.41, 5.74) is 0.982. The van der Waals surface area contributed by atoms with Crippen molar-refractivity contribution in [3.63, 3.8) is 0 Å². The molecule has 0 aromatic heterocycles. The number of nitrogens with zero attached hydrogens (tertiary/aromatic N) is 1. The van der Waals surface area contributed by atoms with E-state index in [1.54, 1.807) is 12.1 Å². The molecule has 0 radical (unpaired) electrons. The second-order valence-corrected chi connectivity index (χ2v) is 8.15. The molecule has 1 rings (SSSR count). The van der Waals surface area contributed by atoms with Crippen molar-refractivity contribution in [1.29, 1.82) is 0 Å². The lowest BCUT2D eigenvalue weighted by molar-refractivity contribution is -0.856. The number of rotatable bonds is 9. The minimum absolute atomic E-state index is 0.324. The predicted octanol–water partition coefficient (Wildman–Crippen LogP) is -0.174. The van der Waals surface area contributed by atoms with Gasteiger partial charge in [0, 0.05) is 19.6 Å². The molecule has 0 bridgehead atoms. The molecular weight excluding hydrogens is 344 g/mol. The fraction of sp³-hybridized carbons (Fsp3) is 0.562. The molecule has 3 N–H and O–H groups in total. The van der Waals surface area contributed by atoms with Gasteiger partial charge in [0.2, 0.25) is 10.0 Å². The third-order valence-electron chi connectivity index (χ3n) is 3.63. The van der Waals surface area contributed by atoms with Crippen molar-refractivity contribution in [2.45, 2.75) is 25.3 Å². The Morgan fingerprint density at radius 2 is 1.71 bits per heavy atom. The average Bonchev–Trinajstić information content (AvgIpc) is 2.54. The van der Waals surface area contributed by atoms with Crippen molar-refractivity contribution in [1.82, 2.24) is 14.9 Å². The molecule has 0 fully saturated rings. The largest absolute Gasteiger partial charge is 0.359 e.